The fraction of sp³-hybridized carbons (Fsp3) is 1.00. The Kier molecular flexibility index (Phi) is 2.49. The first-order valence-corrected chi connectivity index (χ1v) is 3.76. The zero-order valence-corrected chi connectivity index (χ0v) is 6.06. The van der Waals surface area contributed by atoms with Gasteiger partial charge in [0.2, 0.25) is 0 Å². The molecule has 1 rings (SSSR count). The van der Waals surface area contributed by atoms with E-state index in [-0.39, 0.29) is 0 Å². The maximum atomic E-state index is 5.53. The van der Waals surface area contributed by atoms with Crippen molar-refractivity contribution in [2.24, 2.45) is 11.7 Å². The lowest BCUT2D eigenvalue weighted by molar-refractivity contribution is 0.241. The molecule has 0 amide bonds. The molecule has 1 saturated carbocycles. The van der Waals surface area contributed by atoms with Crippen molar-refractivity contribution in [2.75, 3.05) is 13.6 Å². The van der Waals surface area contributed by atoms with Crippen LogP contribution in [0.15, 0.2) is 0 Å². The summed E-state index contributed by atoms with van der Waals surface area (Å²) in [5, 5.41) is 3.23. The van der Waals surface area contributed by atoms with Crippen molar-refractivity contribution in [3.05, 3.63) is 0 Å². The average molecular weight is 128 g/mol. The number of likely N-dealkylation sites (N-methyl/N-ethyl adjacent to an activating group) is 1. The maximum absolute atomic E-state index is 5.53. The first-order chi connectivity index (χ1) is 4.38. The minimum atomic E-state index is 0.582. The van der Waals surface area contributed by atoms with Crippen molar-refractivity contribution in [1.82, 2.24) is 5.32 Å². The highest BCUT2D eigenvalue weighted by Gasteiger charge is 2.24. The van der Waals surface area contributed by atoms with Crippen LogP contribution < -0.4 is 11.1 Å². The van der Waals surface area contributed by atoms with Crippen LogP contribution in [0.4, 0.5) is 0 Å². The Balaban J connectivity index is 2.19. The number of nitrogens with two attached hydrogens (primary N) is 1. The van der Waals surface area contributed by atoms with Crippen LogP contribution in [0.2, 0.25) is 0 Å². The molecule has 9 heavy (non-hydrogen) atoms. The molecule has 0 saturated heterocycles. The van der Waals surface area contributed by atoms with E-state index in [0.29, 0.717) is 6.04 Å². The second-order valence-corrected chi connectivity index (χ2v) is 2.82. The van der Waals surface area contributed by atoms with Crippen molar-refractivity contribution >= 4 is 0 Å². The molecule has 1 atom stereocenters. The molecule has 1 unspecified atom stereocenters. The molecule has 0 bridgehead atoms. The zero-order chi connectivity index (χ0) is 6.69. The van der Waals surface area contributed by atoms with Crippen molar-refractivity contribution in [2.45, 2.75) is 25.3 Å². The van der Waals surface area contributed by atoms with E-state index in [1.54, 1.807) is 0 Å². The minimum absolute atomic E-state index is 0.582. The van der Waals surface area contributed by atoms with Crippen LogP contribution >= 0.6 is 0 Å². The van der Waals surface area contributed by atoms with E-state index in [9.17, 15) is 0 Å². The van der Waals surface area contributed by atoms with Gasteiger partial charge >= 0.3 is 0 Å². The van der Waals surface area contributed by atoms with Crippen molar-refractivity contribution < 1.29 is 0 Å². The van der Waals surface area contributed by atoms with Gasteiger partial charge in [0.15, 0.2) is 0 Å². The van der Waals surface area contributed by atoms with Gasteiger partial charge in [0.1, 0.15) is 0 Å². The summed E-state index contributed by atoms with van der Waals surface area (Å²) in [5.74, 6) is 0.875. The van der Waals surface area contributed by atoms with Crippen LogP contribution in [-0.2, 0) is 0 Å². The van der Waals surface area contributed by atoms with Crippen LogP contribution in [0, 0.1) is 5.92 Å². The molecule has 0 radical (unpaired) electrons. The average Bonchev–Trinajstić information content (AvgIpc) is 1.78. The lowest BCUT2D eigenvalue weighted by Crippen LogP contribution is -2.42. The van der Waals surface area contributed by atoms with Gasteiger partial charge in [0.05, 0.1) is 0 Å². The summed E-state index contributed by atoms with van der Waals surface area (Å²) in [6.07, 6.45) is 4.16. The Labute approximate surface area is 56.8 Å². The molecule has 0 aromatic rings. The molecule has 0 aromatic heterocycles. The van der Waals surface area contributed by atoms with E-state index in [1.807, 2.05) is 7.05 Å². The third-order valence-electron chi connectivity index (χ3n) is 2.34. The van der Waals surface area contributed by atoms with Gasteiger partial charge < -0.3 is 11.1 Å². The standard InChI is InChI=1S/C7H16N2/c1-9-7(5-8)6-3-2-4-6/h6-7,9H,2-5,8H2,1H3. The minimum Gasteiger partial charge on any atom is -0.329 e. The highest BCUT2D eigenvalue weighted by atomic mass is 14.9. The largest absolute Gasteiger partial charge is 0.329 e. The van der Waals surface area contributed by atoms with Gasteiger partial charge in [-0.3, -0.25) is 0 Å². The topological polar surface area (TPSA) is 38.0 Å². The molecule has 54 valence electrons. The first-order valence-electron chi connectivity index (χ1n) is 3.76. The van der Waals surface area contributed by atoms with Gasteiger partial charge in [-0.1, -0.05) is 6.42 Å². The van der Waals surface area contributed by atoms with E-state index in [0.717, 1.165) is 12.5 Å². The Morgan fingerprint density at radius 2 is 2.33 bits per heavy atom. The maximum Gasteiger partial charge on any atom is 0.0215 e. The molecule has 0 spiro atoms. The Morgan fingerprint density at radius 3 is 2.44 bits per heavy atom. The molecule has 1 fully saturated rings. The SMILES string of the molecule is CNC(CN)C1CCC1. The van der Waals surface area contributed by atoms with Gasteiger partial charge in [0.25, 0.3) is 0 Å². The lowest BCUT2D eigenvalue weighted by atomic mass is 9.80. The summed E-state index contributed by atoms with van der Waals surface area (Å²) in [6, 6.07) is 0.582. The Bertz CT molecular complexity index is 75.0. The molecular formula is C7H16N2. The monoisotopic (exact) mass is 128 g/mol. The van der Waals surface area contributed by atoms with Crippen LogP contribution in [0.1, 0.15) is 19.3 Å². The predicted octanol–water partition coefficient (Wildman–Crippen LogP) is 0.333. The van der Waals surface area contributed by atoms with E-state index in [2.05, 4.69) is 5.32 Å². The van der Waals surface area contributed by atoms with Crippen molar-refractivity contribution in [3.8, 4) is 0 Å². The van der Waals surface area contributed by atoms with Crippen LogP contribution in [0.5, 0.6) is 0 Å². The number of nitrogens with one attached hydrogen (secondary N) is 1. The molecule has 0 aromatic carbocycles. The Morgan fingerprint density at radius 1 is 1.67 bits per heavy atom. The molecule has 3 N–H and O–H groups in total. The first kappa shape index (κ1) is 7.03. The van der Waals surface area contributed by atoms with E-state index >= 15 is 0 Å². The highest BCUT2D eigenvalue weighted by Crippen LogP contribution is 2.28. The summed E-state index contributed by atoms with van der Waals surface area (Å²) in [6.45, 7) is 0.793. The van der Waals surface area contributed by atoms with Gasteiger partial charge in [-0.2, -0.15) is 0 Å². The molecule has 0 heterocycles. The van der Waals surface area contributed by atoms with Crippen LogP contribution in [-0.4, -0.2) is 19.6 Å². The second-order valence-electron chi connectivity index (χ2n) is 2.82. The second kappa shape index (κ2) is 3.18. The molecule has 1 aliphatic rings. The third kappa shape index (κ3) is 1.43. The highest BCUT2D eigenvalue weighted by molar-refractivity contribution is 4.81. The number of rotatable bonds is 3. The molecule has 2 heteroatoms. The molecule has 2 nitrogen and oxygen atoms in total. The predicted molar refractivity (Wildman–Crippen MR) is 39.2 cm³/mol. The molecule has 0 aliphatic heterocycles. The quantitative estimate of drug-likeness (QED) is 0.575. The summed E-state index contributed by atoms with van der Waals surface area (Å²) >= 11 is 0. The van der Waals surface area contributed by atoms with E-state index in [1.165, 1.54) is 19.3 Å². The summed E-state index contributed by atoms with van der Waals surface area (Å²) in [7, 11) is 2.00. The summed E-state index contributed by atoms with van der Waals surface area (Å²) < 4.78 is 0. The molecular weight excluding hydrogens is 112 g/mol. The van der Waals surface area contributed by atoms with Gasteiger partial charge in [0, 0.05) is 12.6 Å². The lowest BCUT2D eigenvalue weighted by Gasteiger charge is -2.32. The third-order valence-corrected chi connectivity index (χ3v) is 2.34. The van der Waals surface area contributed by atoms with Gasteiger partial charge in [-0.15, -0.1) is 0 Å². The van der Waals surface area contributed by atoms with Crippen molar-refractivity contribution in [3.63, 3.8) is 0 Å². The molecule has 1 aliphatic carbocycles. The number of hydrogen-bond acceptors (Lipinski definition) is 2. The van der Waals surface area contributed by atoms with Crippen LogP contribution in [0.3, 0.4) is 0 Å². The Hall–Kier alpha value is -0.0800. The summed E-state index contributed by atoms with van der Waals surface area (Å²) in [4.78, 5) is 0. The van der Waals surface area contributed by atoms with Gasteiger partial charge in [-0.05, 0) is 25.8 Å². The van der Waals surface area contributed by atoms with Crippen LogP contribution in [0.25, 0.3) is 0 Å². The van der Waals surface area contributed by atoms with E-state index in [4.69, 9.17) is 5.73 Å². The zero-order valence-electron chi connectivity index (χ0n) is 6.06. The fourth-order valence-electron chi connectivity index (χ4n) is 1.39. The normalized spacial score (nSPS) is 23.3. The van der Waals surface area contributed by atoms with Crippen molar-refractivity contribution in [1.29, 1.82) is 0 Å². The van der Waals surface area contributed by atoms with E-state index < -0.39 is 0 Å². The number of hydrogen-bond donors (Lipinski definition) is 2. The fourth-order valence-corrected chi connectivity index (χ4v) is 1.39. The summed E-state index contributed by atoms with van der Waals surface area (Å²) in [5.41, 5.74) is 5.53. The smallest absolute Gasteiger partial charge is 0.0215 e. The van der Waals surface area contributed by atoms with Gasteiger partial charge in [-0.25, -0.2) is 0 Å².